The summed E-state index contributed by atoms with van der Waals surface area (Å²) < 4.78 is 40.6. The summed E-state index contributed by atoms with van der Waals surface area (Å²) in [4.78, 5) is 44.1. The van der Waals surface area contributed by atoms with Crippen LogP contribution < -0.4 is 40.0 Å². The predicted octanol–water partition coefficient (Wildman–Crippen LogP) is 2.29. The second kappa shape index (κ2) is 14.4. The van der Waals surface area contributed by atoms with Crippen LogP contribution in [-0.2, 0) is 15.8 Å². The number of hydrogen-bond acceptors (Lipinski definition) is 5. The SMILES string of the molecule is CCC[C@H](c1ccc(C(=O)NCCC(=O)[O-])cc1)N1C(=O)C(c2cccc(C(F)(F)F)c2)=NC12CCC(C(C)C)CC2.[Na+]. The standard InChI is InChI=1S/C32H38F3N3O4.Na/c1-4-6-26(22-9-11-23(12-10-22)29(41)36-18-15-27(39)40)38-30(42)28(24-7-5-8-25(19-24)32(33,34)35)37-31(38)16-13-21(14-17-31)20(2)3;/h5,7-12,19-21,26H,4,6,13-18H2,1-3H3,(H,36,41)(H,39,40);/q;+1/p-1/t21?,26-,31?;/m1./s1. The number of carbonyl (C=O) groups is 3. The van der Waals surface area contributed by atoms with Crippen molar-refractivity contribution in [2.45, 2.75) is 83.6 Å². The Morgan fingerprint density at radius 1 is 1.12 bits per heavy atom. The van der Waals surface area contributed by atoms with Crippen LogP contribution in [0.25, 0.3) is 0 Å². The number of amides is 2. The Kier molecular flexibility index (Phi) is 11.6. The Hall–Kier alpha value is -2.69. The fourth-order valence-electron chi connectivity index (χ4n) is 6.15. The molecule has 2 aromatic carbocycles. The largest absolute Gasteiger partial charge is 1.00 e. The number of rotatable bonds is 10. The zero-order chi connectivity index (χ0) is 30.7. The molecule has 2 amide bonds. The first-order valence-electron chi connectivity index (χ1n) is 14.6. The number of carboxylic acids is 1. The molecule has 0 saturated heterocycles. The molecule has 4 rings (SSSR count). The Morgan fingerprint density at radius 3 is 2.33 bits per heavy atom. The van der Waals surface area contributed by atoms with E-state index in [1.165, 1.54) is 12.1 Å². The minimum Gasteiger partial charge on any atom is -0.550 e. The third kappa shape index (κ3) is 7.88. The molecule has 2 aliphatic rings. The molecule has 1 saturated carbocycles. The van der Waals surface area contributed by atoms with Gasteiger partial charge in [0.15, 0.2) is 0 Å². The molecule has 43 heavy (non-hydrogen) atoms. The van der Waals surface area contributed by atoms with Gasteiger partial charge in [-0.1, -0.05) is 51.5 Å². The Balaban J connectivity index is 0.00000506. The first-order chi connectivity index (χ1) is 19.9. The van der Waals surface area contributed by atoms with Crippen LogP contribution >= 0.6 is 0 Å². The maximum absolute atomic E-state index is 14.2. The average molecular weight is 608 g/mol. The summed E-state index contributed by atoms with van der Waals surface area (Å²) in [6.45, 7) is 6.30. The van der Waals surface area contributed by atoms with Crippen LogP contribution in [0.15, 0.2) is 53.5 Å². The summed E-state index contributed by atoms with van der Waals surface area (Å²) in [7, 11) is 0. The van der Waals surface area contributed by atoms with Crippen molar-refractivity contribution < 1.29 is 62.2 Å². The van der Waals surface area contributed by atoms with Gasteiger partial charge in [0.1, 0.15) is 11.4 Å². The smallest absolute Gasteiger partial charge is 0.550 e. The van der Waals surface area contributed by atoms with Crippen molar-refractivity contribution in [1.29, 1.82) is 0 Å². The minimum atomic E-state index is -4.55. The first-order valence-corrected chi connectivity index (χ1v) is 14.6. The Morgan fingerprint density at radius 2 is 1.77 bits per heavy atom. The Bertz CT molecular complexity index is 1340. The van der Waals surface area contributed by atoms with Gasteiger partial charge >= 0.3 is 35.7 Å². The zero-order valence-electron chi connectivity index (χ0n) is 25.2. The van der Waals surface area contributed by atoms with E-state index in [1.54, 1.807) is 29.2 Å². The molecule has 1 aliphatic carbocycles. The van der Waals surface area contributed by atoms with Gasteiger partial charge in [-0.2, -0.15) is 13.2 Å². The summed E-state index contributed by atoms with van der Waals surface area (Å²) in [5, 5.41) is 13.2. The van der Waals surface area contributed by atoms with Crippen molar-refractivity contribution in [2.75, 3.05) is 6.54 Å². The number of benzene rings is 2. The quantitative estimate of drug-likeness (QED) is 0.419. The number of aliphatic imine (C=N–C) groups is 1. The fraction of sp³-hybridized carbons (Fsp3) is 0.500. The van der Waals surface area contributed by atoms with Gasteiger partial charge in [0, 0.05) is 30.1 Å². The van der Waals surface area contributed by atoms with Gasteiger partial charge in [0.25, 0.3) is 11.8 Å². The van der Waals surface area contributed by atoms with E-state index < -0.39 is 35.3 Å². The van der Waals surface area contributed by atoms with Crippen LogP contribution in [-0.4, -0.2) is 40.6 Å². The summed E-state index contributed by atoms with van der Waals surface area (Å²) in [6, 6.07) is 11.2. The fourth-order valence-corrected chi connectivity index (χ4v) is 6.15. The normalized spacial score (nSPS) is 21.0. The van der Waals surface area contributed by atoms with Crippen LogP contribution in [0.5, 0.6) is 0 Å². The molecule has 0 radical (unpaired) electrons. The Labute approximate surface area is 272 Å². The number of aliphatic carboxylic acids is 1. The predicted molar refractivity (Wildman–Crippen MR) is 150 cm³/mol. The molecule has 7 nitrogen and oxygen atoms in total. The number of nitrogens with one attached hydrogen (secondary N) is 1. The van der Waals surface area contributed by atoms with Gasteiger partial charge in [-0.15, -0.1) is 0 Å². The van der Waals surface area contributed by atoms with Crippen LogP contribution in [0.4, 0.5) is 13.2 Å². The van der Waals surface area contributed by atoms with Gasteiger partial charge in [-0.05, 0) is 73.8 Å². The summed E-state index contributed by atoms with van der Waals surface area (Å²) >= 11 is 0. The van der Waals surface area contributed by atoms with Crippen molar-refractivity contribution in [3.63, 3.8) is 0 Å². The van der Waals surface area contributed by atoms with E-state index in [2.05, 4.69) is 19.2 Å². The van der Waals surface area contributed by atoms with Gasteiger partial charge in [-0.3, -0.25) is 14.6 Å². The molecule has 1 spiro atoms. The number of carboxylic acid groups (broad SMARTS) is 1. The van der Waals surface area contributed by atoms with Gasteiger partial charge in [-0.25, -0.2) is 0 Å². The van der Waals surface area contributed by atoms with E-state index >= 15 is 0 Å². The van der Waals surface area contributed by atoms with E-state index in [0.717, 1.165) is 37.0 Å². The molecule has 1 aliphatic heterocycles. The van der Waals surface area contributed by atoms with Crippen molar-refractivity contribution in [3.8, 4) is 0 Å². The number of halogens is 3. The van der Waals surface area contributed by atoms with E-state index in [0.29, 0.717) is 36.7 Å². The molecule has 226 valence electrons. The number of alkyl halides is 3. The molecular weight excluding hydrogens is 570 g/mol. The third-order valence-electron chi connectivity index (χ3n) is 8.47. The molecule has 1 heterocycles. The maximum atomic E-state index is 14.2. The molecular formula is C32H37F3N3NaO4. The van der Waals surface area contributed by atoms with Crippen LogP contribution in [0.3, 0.4) is 0 Å². The van der Waals surface area contributed by atoms with Gasteiger partial charge in [0.2, 0.25) is 0 Å². The van der Waals surface area contributed by atoms with E-state index in [-0.39, 0.29) is 59.7 Å². The number of carbonyl (C=O) groups excluding carboxylic acids is 3. The van der Waals surface area contributed by atoms with Crippen molar-refractivity contribution in [1.82, 2.24) is 10.2 Å². The molecule has 0 bridgehead atoms. The molecule has 0 aromatic heterocycles. The topological polar surface area (TPSA) is 102 Å². The summed E-state index contributed by atoms with van der Waals surface area (Å²) in [6.07, 6.45) is -0.573. The van der Waals surface area contributed by atoms with Crippen LogP contribution in [0.2, 0.25) is 0 Å². The second-order valence-electron chi connectivity index (χ2n) is 11.6. The molecule has 1 atom stereocenters. The van der Waals surface area contributed by atoms with E-state index in [9.17, 15) is 32.7 Å². The molecule has 1 N–H and O–H groups in total. The molecule has 0 unspecified atom stereocenters. The molecule has 2 aromatic rings. The molecule has 11 heteroatoms. The number of nitrogens with zero attached hydrogens (tertiary/aromatic N) is 2. The van der Waals surface area contributed by atoms with Crippen molar-refractivity contribution in [2.24, 2.45) is 16.8 Å². The van der Waals surface area contributed by atoms with Crippen LogP contribution in [0, 0.1) is 11.8 Å². The maximum Gasteiger partial charge on any atom is 1.00 e. The van der Waals surface area contributed by atoms with E-state index in [4.69, 9.17) is 4.99 Å². The third-order valence-corrected chi connectivity index (χ3v) is 8.47. The minimum absolute atomic E-state index is 0. The first kappa shape index (κ1) is 34.8. The van der Waals surface area contributed by atoms with Gasteiger partial charge < -0.3 is 20.1 Å². The summed E-state index contributed by atoms with van der Waals surface area (Å²) in [5.74, 6) is -1.13. The monoisotopic (exact) mass is 607 g/mol. The number of hydrogen-bond donors (Lipinski definition) is 1. The van der Waals surface area contributed by atoms with Gasteiger partial charge in [0.05, 0.1) is 11.6 Å². The van der Waals surface area contributed by atoms with Crippen LogP contribution in [0.1, 0.15) is 98.8 Å². The van der Waals surface area contributed by atoms with E-state index in [1.807, 2.05) is 6.92 Å². The summed E-state index contributed by atoms with van der Waals surface area (Å²) in [5.41, 5.74) is -0.358. The van der Waals surface area contributed by atoms with Crippen molar-refractivity contribution >= 4 is 23.5 Å². The zero-order valence-corrected chi connectivity index (χ0v) is 27.2. The second-order valence-corrected chi connectivity index (χ2v) is 11.6. The van der Waals surface area contributed by atoms with Crippen molar-refractivity contribution in [3.05, 3.63) is 70.8 Å². The molecule has 1 fully saturated rings. The average Bonchev–Trinajstić information content (AvgIpc) is 3.22.